The van der Waals surface area contributed by atoms with Crippen LogP contribution in [0.1, 0.15) is 5.56 Å². The van der Waals surface area contributed by atoms with Gasteiger partial charge < -0.3 is 23.8 Å². The number of carbonyl (C=O) groups excluding carboxylic acids is 2. The number of methoxy groups -OCH3 is 2. The summed E-state index contributed by atoms with van der Waals surface area (Å²) < 4.78 is 22.0. The average Bonchev–Trinajstić information content (AvgIpc) is 2.74. The Balaban J connectivity index is 1.94. The minimum absolute atomic E-state index is 0.0303. The second kappa shape index (κ2) is 9.11. The summed E-state index contributed by atoms with van der Waals surface area (Å²) in [6.07, 6.45) is 0. The molecule has 7 nitrogen and oxygen atoms in total. The molecule has 0 unspecified atom stereocenters. The van der Waals surface area contributed by atoms with Crippen molar-refractivity contribution in [3.63, 3.8) is 0 Å². The summed E-state index contributed by atoms with van der Waals surface area (Å²) in [5.74, 6) is 0.0688. The predicted molar refractivity (Wildman–Crippen MR) is 110 cm³/mol. The molecule has 0 saturated heterocycles. The first-order chi connectivity index (χ1) is 13.9. The Hall–Kier alpha value is -2.84. The molecule has 0 fully saturated rings. The van der Waals surface area contributed by atoms with Crippen LogP contribution in [0.4, 0.5) is 5.69 Å². The Bertz CT molecular complexity index is 954. The number of carbonyl (C=O) groups is 2. The van der Waals surface area contributed by atoms with Crippen LogP contribution in [0.2, 0.25) is 0 Å². The largest absolute Gasteiger partial charge is 0.466 e. The van der Waals surface area contributed by atoms with Gasteiger partial charge in [-0.3, -0.25) is 0 Å². The van der Waals surface area contributed by atoms with E-state index in [2.05, 4.69) is 15.9 Å². The van der Waals surface area contributed by atoms with Crippen LogP contribution in [-0.4, -0.2) is 39.5 Å². The van der Waals surface area contributed by atoms with E-state index < -0.39 is 11.9 Å². The summed E-state index contributed by atoms with van der Waals surface area (Å²) in [4.78, 5) is 26.1. The first-order valence-electron chi connectivity index (χ1n) is 8.73. The van der Waals surface area contributed by atoms with E-state index in [9.17, 15) is 9.59 Å². The Morgan fingerprint density at radius 3 is 2.28 bits per heavy atom. The third-order valence-corrected chi connectivity index (χ3v) is 4.87. The highest BCUT2D eigenvalue weighted by atomic mass is 79.9. The molecule has 0 amide bonds. The number of hydrogen-bond donors (Lipinski definition) is 0. The summed E-state index contributed by atoms with van der Waals surface area (Å²) in [6.45, 7) is 1.95. The maximum Gasteiger partial charge on any atom is 0.355 e. The Morgan fingerprint density at radius 1 is 1.00 bits per heavy atom. The minimum Gasteiger partial charge on any atom is -0.466 e. The molecular formula is C21H20BrNO6. The monoisotopic (exact) mass is 461 g/mol. The van der Waals surface area contributed by atoms with Gasteiger partial charge in [0.2, 0.25) is 0 Å². The van der Waals surface area contributed by atoms with Crippen LogP contribution in [0.3, 0.4) is 0 Å². The fraction of sp³-hybridized carbons (Fsp3) is 0.238. The maximum atomic E-state index is 12.4. The standard InChI is InChI=1S/C21H20BrNO6/c1-13-10-16(29-15-6-4-14(22)5-7-15)8-9-18(13)23-12-28-11-17(20(24)26-2)19(23)21(25)27-3/h4-10H,11-12H2,1-3H3. The second-order valence-electron chi connectivity index (χ2n) is 6.22. The number of anilines is 1. The van der Waals surface area contributed by atoms with Gasteiger partial charge in [-0.25, -0.2) is 9.59 Å². The highest BCUT2D eigenvalue weighted by Gasteiger charge is 2.33. The van der Waals surface area contributed by atoms with Gasteiger partial charge in [-0.1, -0.05) is 15.9 Å². The van der Waals surface area contributed by atoms with Gasteiger partial charge in [0.05, 0.1) is 26.4 Å². The van der Waals surface area contributed by atoms with Crippen LogP contribution in [0.15, 0.2) is 58.2 Å². The molecule has 0 spiro atoms. The van der Waals surface area contributed by atoms with Crippen molar-refractivity contribution in [2.75, 3.05) is 32.5 Å². The van der Waals surface area contributed by atoms with Crippen molar-refractivity contribution < 1.29 is 28.5 Å². The number of rotatable bonds is 5. The molecule has 2 aromatic carbocycles. The van der Waals surface area contributed by atoms with Crippen LogP contribution in [0.5, 0.6) is 11.5 Å². The summed E-state index contributed by atoms with van der Waals surface area (Å²) >= 11 is 3.39. The summed E-state index contributed by atoms with van der Waals surface area (Å²) in [7, 11) is 2.52. The van der Waals surface area contributed by atoms with Crippen molar-refractivity contribution in [2.45, 2.75) is 6.92 Å². The molecule has 0 aromatic heterocycles. The lowest BCUT2D eigenvalue weighted by Crippen LogP contribution is -2.39. The van der Waals surface area contributed by atoms with E-state index >= 15 is 0 Å². The lowest BCUT2D eigenvalue weighted by molar-refractivity contribution is -0.140. The quantitative estimate of drug-likeness (QED) is 0.624. The molecule has 8 heteroatoms. The first-order valence-corrected chi connectivity index (χ1v) is 9.53. The van der Waals surface area contributed by atoms with Crippen molar-refractivity contribution in [1.29, 1.82) is 0 Å². The maximum absolute atomic E-state index is 12.4. The molecule has 0 bridgehead atoms. The first kappa shape index (κ1) is 20.9. The third-order valence-electron chi connectivity index (χ3n) is 4.34. The van der Waals surface area contributed by atoms with Gasteiger partial charge in [0.25, 0.3) is 0 Å². The number of nitrogens with zero attached hydrogens (tertiary/aromatic N) is 1. The molecule has 1 aliphatic rings. The van der Waals surface area contributed by atoms with Gasteiger partial charge in [0.1, 0.15) is 23.9 Å². The molecule has 0 radical (unpaired) electrons. The zero-order valence-electron chi connectivity index (χ0n) is 16.2. The van der Waals surface area contributed by atoms with Crippen LogP contribution < -0.4 is 9.64 Å². The summed E-state index contributed by atoms with van der Waals surface area (Å²) in [5.41, 5.74) is 1.74. The number of ether oxygens (including phenoxy) is 4. The zero-order chi connectivity index (χ0) is 21.0. The third kappa shape index (κ3) is 4.60. The molecule has 0 atom stereocenters. The van der Waals surface area contributed by atoms with E-state index in [1.165, 1.54) is 14.2 Å². The fourth-order valence-corrected chi connectivity index (χ4v) is 3.23. The van der Waals surface area contributed by atoms with Crippen LogP contribution in [0.25, 0.3) is 0 Å². The van der Waals surface area contributed by atoms with Gasteiger partial charge in [-0.05, 0) is 55.0 Å². The highest BCUT2D eigenvalue weighted by molar-refractivity contribution is 9.10. The molecule has 1 heterocycles. The molecule has 3 rings (SSSR count). The van der Waals surface area contributed by atoms with Crippen LogP contribution in [0, 0.1) is 6.92 Å². The van der Waals surface area contributed by atoms with Crippen molar-refractivity contribution in [2.24, 2.45) is 0 Å². The van der Waals surface area contributed by atoms with E-state index in [-0.39, 0.29) is 24.6 Å². The summed E-state index contributed by atoms with van der Waals surface area (Å²) in [5, 5.41) is 0. The zero-order valence-corrected chi connectivity index (χ0v) is 17.8. The minimum atomic E-state index is -0.636. The van der Waals surface area contributed by atoms with Gasteiger partial charge >= 0.3 is 11.9 Å². The molecule has 0 aliphatic carbocycles. The van der Waals surface area contributed by atoms with Crippen molar-refractivity contribution in [3.8, 4) is 11.5 Å². The van der Waals surface area contributed by atoms with Crippen LogP contribution >= 0.6 is 15.9 Å². The molecule has 29 heavy (non-hydrogen) atoms. The summed E-state index contributed by atoms with van der Waals surface area (Å²) in [6, 6.07) is 12.9. The SMILES string of the molecule is COC(=O)C1=C(C(=O)OC)N(c2ccc(Oc3ccc(Br)cc3)cc2C)COC1. The van der Waals surface area contributed by atoms with Gasteiger partial charge in [-0.2, -0.15) is 0 Å². The van der Waals surface area contributed by atoms with E-state index in [4.69, 9.17) is 18.9 Å². The van der Waals surface area contributed by atoms with Crippen LogP contribution in [-0.2, 0) is 23.8 Å². The molecule has 2 aromatic rings. The topological polar surface area (TPSA) is 74.3 Å². The fourth-order valence-electron chi connectivity index (χ4n) is 2.97. The smallest absolute Gasteiger partial charge is 0.355 e. The van der Waals surface area contributed by atoms with E-state index in [0.717, 1.165) is 10.0 Å². The van der Waals surface area contributed by atoms with Crippen molar-refractivity contribution in [3.05, 3.63) is 63.8 Å². The Labute approximate surface area is 176 Å². The second-order valence-corrected chi connectivity index (χ2v) is 7.14. The van der Waals surface area contributed by atoms with Crippen molar-refractivity contribution in [1.82, 2.24) is 0 Å². The molecule has 152 valence electrons. The van der Waals surface area contributed by atoms with E-state index in [1.807, 2.05) is 37.3 Å². The molecular weight excluding hydrogens is 442 g/mol. The van der Waals surface area contributed by atoms with Gasteiger partial charge in [0.15, 0.2) is 0 Å². The lowest BCUT2D eigenvalue weighted by atomic mass is 10.1. The number of esters is 2. The average molecular weight is 462 g/mol. The Morgan fingerprint density at radius 2 is 1.66 bits per heavy atom. The lowest BCUT2D eigenvalue weighted by Gasteiger charge is -2.32. The molecule has 0 N–H and O–H groups in total. The number of benzene rings is 2. The molecule has 1 aliphatic heterocycles. The van der Waals surface area contributed by atoms with E-state index in [1.54, 1.807) is 17.0 Å². The van der Waals surface area contributed by atoms with Gasteiger partial charge in [0, 0.05) is 10.2 Å². The predicted octanol–water partition coefficient (Wildman–Crippen LogP) is 3.94. The number of aryl methyl sites for hydroxylation is 1. The van der Waals surface area contributed by atoms with Crippen molar-refractivity contribution >= 4 is 33.6 Å². The van der Waals surface area contributed by atoms with E-state index in [0.29, 0.717) is 17.2 Å². The highest BCUT2D eigenvalue weighted by Crippen LogP contribution is 2.33. The Kier molecular flexibility index (Phi) is 6.56. The number of hydrogen-bond acceptors (Lipinski definition) is 7. The molecule has 0 saturated carbocycles. The number of halogens is 1. The van der Waals surface area contributed by atoms with Gasteiger partial charge in [-0.15, -0.1) is 0 Å². The normalized spacial score (nSPS) is 13.9.